The van der Waals surface area contributed by atoms with Crippen molar-refractivity contribution < 1.29 is 14.3 Å². The summed E-state index contributed by atoms with van der Waals surface area (Å²) in [5.74, 6) is 0.515. The lowest BCUT2D eigenvalue weighted by Crippen LogP contribution is -2.47. The van der Waals surface area contributed by atoms with Crippen LogP contribution in [0.1, 0.15) is 52.4 Å². The van der Waals surface area contributed by atoms with E-state index in [2.05, 4.69) is 17.2 Å². The first kappa shape index (κ1) is 16.7. The maximum atomic E-state index is 12.7. The molecule has 0 aromatic carbocycles. The Labute approximate surface area is 132 Å². The maximum absolute atomic E-state index is 12.7. The molecule has 1 amide bonds. The third kappa shape index (κ3) is 4.19. The van der Waals surface area contributed by atoms with E-state index in [1.165, 1.54) is 6.42 Å². The van der Waals surface area contributed by atoms with Gasteiger partial charge in [-0.1, -0.05) is 26.2 Å². The van der Waals surface area contributed by atoms with Crippen LogP contribution in [0.2, 0.25) is 0 Å². The Morgan fingerprint density at radius 3 is 2.64 bits per heavy atom. The van der Waals surface area contributed by atoms with Crippen molar-refractivity contribution in [2.75, 3.05) is 18.5 Å². The van der Waals surface area contributed by atoms with Gasteiger partial charge in [0.2, 0.25) is 5.88 Å². The highest BCUT2D eigenvalue weighted by molar-refractivity contribution is 5.97. The standard InChI is InChI=1S/C17H26N2O3/c1-3-12-22-17(10-6-5-7-11-17)16(20)19-14-8-9-15(18-13-14)21-4-2/h8-9,13H,3-7,10-12H2,1-2H3,(H,19,20). The van der Waals surface area contributed by atoms with Crippen molar-refractivity contribution in [2.24, 2.45) is 0 Å². The van der Waals surface area contributed by atoms with E-state index in [1.54, 1.807) is 12.3 Å². The highest BCUT2D eigenvalue weighted by atomic mass is 16.5. The number of carbonyl (C=O) groups excluding carboxylic acids is 1. The number of aromatic nitrogens is 1. The third-order valence-corrected chi connectivity index (χ3v) is 3.94. The van der Waals surface area contributed by atoms with Gasteiger partial charge in [0.1, 0.15) is 5.60 Å². The smallest absolute Gasteiger partial charge is 0.256 e. The number of hydrogen-bond donors (Lipinski definition) is 1. The second-order valence-electron chi connectivity index (χ2n) is 5.68. The quantitative estimate of drug-likeness (QED) is 0.837. The number of pyridine rings is 1. The number of hydrogen-bond acceptors (Lipinski definition) is 4. The van der Waals surface area contributed by atoms with E-state index in [0.717, 1.165) is 32.1 Å². The molecule has 1 heterocycles. The Hall–Kier alpha value is -1.62. The number of anilines is 1. The molecule has 1 aliphatic carbocycles. The summed E-state index contributed by atoms with van der Waals surface area (Å²) in [4.78, 5) is 16.9. The molecule has 1 saturated carbocycles. The molecule has 1 N–H and O–H groups in total. The van der Waals surface area contributed by atoms with Crippen LogP contribution in [0.25, 0.3) is 0 Å². The van der Waals surface area contributed by atoms with E-state index >= 15 is 0 Å². The molecule has 5 nitrogen and oxygen atoms in total. The Morgan fingerprint density at radius 1 is 1.27 bits per heavy atom. The van der Waals surface area contributed by atoms with E-state index in [0.29, 0.717) is 24.8 Å². The topological polar surface area (TPSA) is 60.5 Å². The van der Waals surface area contributed by atoms with Crippen molar-refractivity contribution in [1.29, 1.82) is 0 Å². The number of nitrogens with zero attached hydrogens (tertiary/aromatic N) is 1. The predicted molar refractivity (Wildman–Crippen MR) is 86.1 cm³/mol. The molecule has 5 heteroatoms. The van der Waals surface area contributed by atoms with Gasteiger partial charge < -0.3 is 14.8 Å². The second kappa shape index (κ2) is 8.13. The third-order valence-electron chi connectivity index (χ3n) is 3.94. The van der Waals surface area contributed by atoms with Gasteiger partial charge in [-0.05, 0) is 32.3 Å². The van der Waals surface area contributed by atoms with Crippen LogP contribution >= 0.6 is 0 Å². The van der Waals surface area contributed by atoms with Crippen molar-refractivity contribution in [1.82, 2.24) is 4.98 Å². The highest BCUT2D eigenvalue weighted by Gasteiger charge is 2.40. The molecule has 1 aliphatic rings. The van der Waals surface area contributed by atoms with Gasteiger partial charge in [0.05, 0.1) is 18.5 Å². The minimum absolute atomic E-state index is 0.0494. The van der Waals surface area contributed by atoms with E-state index in [-0.39, 0.29) is 5.91 Å². The second-order valence-corrected chi connectivity index (χ2v) is 5.68. The summed E-state index contributed by atoms with van der Waals surface area (Å²) >= 11 is 0. The molecule has 0 spiro atoms. The number of ether oxygens (including phenoxy) is 2. The normalized spacial score (nSPS) is 17.0. The fourth-order valence-corrected chi connectivity index (χ4v) is 2.79. The lowest BCUT2D eigenvalue weighted by molar-refractivity contribution is -0.146. The number of amides is 1. The first-order valence-electron chi connectivity index (χ1n) is 8.24. The summed E-state index contributed by atoms with van der Waals surface area (Å²) in [6.07, 6.45) is 7.39. The van der Waals surface area contributed by atoms with Crippen LogP contribution in [0.5, 0.6) is 5.88 Å². The molecule has 0 bridgehead atoms. The van der Waals surface area contributed by atoms with Gasteiger partial charge in [-0.25, -0.2) is 4.98 Å². The minimum Gasteiger partial charge on any atom is -0.478 e. The summed E-state index contributed by atoms with van der Waals surface area (Å²) in [7, 11) is 0. The Kier molecular flexibility index (Phi) is 6.19. The van der Waals surface area contributed by atoms with E-state index < -0.39 is 5.60 Å². The predicted octanol–water partition coefficient (Wildman–Crippen LogP) is 3.55. The van der Waals surface area contributed by atoms with Crippen LogP contribution in [0.15, 0.2) is 18.3 Å². The molecule has 2 rings (SSSR count). The SMILES string of the molecule is CCCOC1(C(=O)Nc2ccc(OCC)nc2)CCCCC1. The van der Waals surface area contributed by atoms with Gasteiger partial charge in [0, 0.05) is 12.7 Å². The molecule has 22 heavy (non-hydrogen) atoms. The first-order valence-corrected chi connectivity index (χ1v) is 8.24. The van der Waals surface area contributed by atoms with Crippen molar-refractivity contribution in [3.63, 3.8) is 0 Å². The summed E-state index contributed by atoms with van der Waals surface area (Å²) in [6, 6.07) is 3.58. The fraction of sp³-hybridized carbons (Fsp3) is 0.647. The molecule has 1 aromatic heterocycles. The fourth-order valence-electron chi connectivity index (χ4n) is 2.79. The Bertz CT molecular complexity index is 467. The van der Waals surface area contributed by atoms with Gasteiger partial charge in [-0.2, -0.15) is 0 Å². The van der Waals surface area contributed by atoms with Crippen molar-refractivity contribution in [2.45, 2.75) is 58.0 Å². The Balaban J connectivity index is 2.03. The number of carbonyl (C=O) groups is 1. The zero-order valence-electron chi connectivity index (χ0n) is 13.6. The lowest BCUT2D eigenvalue weighted by Gasteiger charge is -2.35. The summed E-state index contributed by atoms with van der Waals surface area (Å²) in [6.45, 7) is 5.17. The summed E-state index contributed by atoms with van der Waals surface area (Å²) in [5.41, 5.74) is 0.00541. The van der Waals surface area contributed by atoms with Crippen LogP contribution in [-0.4, -0.2) is 29.7 Å². The summed E-state index contributed by atoms with van der Waals surface area (Å²) < 4.78 is 11.3. The molecule has 122 valence electrons. The molecule has 0 aliphatic heterocycles. The molecule has 0 atom stereocenters. The molecule has 0 radical (unpaired) electrons. The van der Waals surface area contributed by atoms with Crippen LogP contribution in [0.4, 0.5) is 5.69 Å². The monoisotopic (exact) mass is 306 g/mol. The van der Waals surface area contributed by atoms with Gasteiger partial charge in [-0.15, -0.1) is 0 Å². The van der Waals surface area contributed by atoms with Crippen LogP contribution in [0.3, 0.4) is 0 Å². The van der Waals surface area contributed by atoms with Gasteiger partial charge in [-0.3, -0.25) is 4.79 Å². The maximum Gasteiger partial charge on any atom is 0.256 e. The van der Waals surface area contributed by atoms with E-state index in [1.807, 2.05) is 13.0 Å². The highest BCUT2D eigenvalue weighted by Crippen LogP contribution is 2.33. The minimum atomic E-state index is -0.674. The lowest BCUT2D eigenvalue weighted by atomic mass is 9.83. The van der Waals surface area contributed by atoms with Gasteiger partial charge >= 0.3 is 0 Å². The van der Waals surface area contributed by atoms with Crippen LogP contribution in [-0.2, 0) is 9.53 Å². The van der Waals surface area contributed by atoms with Crippen molar-refractivity contribution >= 4 is 11.6 Å². The van der Waals surface area contributed by atoms with Crippen LogP contribution < -0.4 is 10.1 Å². The van der Waals surface area contributed by atoms with E-state index in [9.17, 15) is 4.79 Å². The summed E-state index contributed by atoms with van der Waals surface area (Å²) in [5, 5.41) is 2.95. The van der Waals surface area contributed by atoms with Gasteiger partial charge in [0.25, 0.3) is 5.91 Å². The van der Waals surface area contributed by atoms with Crippen molar-refractivity contribution in [3.8, 4) is 5.88 Å². The van der Waals surface area contributed by atoms with Crippen LogP contribution in [0, 0.1) is 0 Å². The molecular formula is C17H26N2O3. The van der Waals surface area contributed by atoms with Crippen molar-refractivity contribution in [3.05, 3.63) is 18.3 Å². The zero-order chi connectivity index (χ0) is 15.8. The molecular weight excluding hydrogens is 280 g/mol. The zero-order valence-corrected chi connectivity index (χ0v) is 13.6. The molecule has 1 aromatic rings. The first-order chi connectivity index (χ1) is 10.7. The number of rotatable bonds is 7. The Morgan fingerprint density at radius 2 is 2.05 bits per heavy atom. The van der Waals surface area contributed by atoms with E-state index in [4.69, 9.17) is 9.47 Å². The molecule has 0 unspecified atom stereocenters. The molecule has 0 saturated heterocycles. The number of nitrogens with one attached hydrogen (secondary N) is 1. The average Bonchev–Trinajstić information content (AvgIpc) is 2.56. The largest absolute Gasteiger partial charge is 0.478 e. The average molecular weight is 306 g/mol. The molecule has 1 fully saturated rings. The van der Waals surface area contributed by atoms with Gasteiger partial charge in [0.15, 0.2) is 0 Å².